The molecule has 0 aliphatic carbocycles. The van der Waals surface area contributed by atoms with Crippen LogP contribution in [0.2, 0.25) is 5.28 Å². The van der Waals surface area contributed by atoms with Gasteiger partial charge in [0.2, 0.25) is 11.2 Å². The first kappa shape index (κ1) is 14.4. The summed E-state index contributed by atoms with van der Waals surface area (Å²) >= 11 is 11.1. The van der Waals surface area contributed by atoms with E-state index in [0.717, 1.165) is 4.47 Å². The molecule has 0 aromatic carbocycles. The molecule has 0 amide bonds. The molecule has 0 aliphatic rings. The monoisotopic (exact) mass is 384 g/mol. The van der Waals surface area contributed by atoms with E-state index in [-0.39, 0.29) is 5.28 Å². The second kappa shape index (κ2) is 6.08. The molecule has 0 spiro atoms. The molecule has 0 aliphatic heterocycles. The lowest BCUT2D eigenvalue weighted by Gasteiger charge is -2.16. The van der Waals surface area contributed by atoms with Crippen LogP contribution in [0.3, 0.4) is 0 Å². The molecule has 0 atom stereocenters. The minimum Gasteiger partial charge on any atom is -0.339 e. The normalized spacial score (nSPS) is 10.8. The Kier molecular flexibility index (Phi) is 4.18. The molecular formula is C12H10BrClN6S. The van der Waals surface area contributed by atoms with E-state index in [9.17, 15) is 0 Å². The third-order valence-electron chi connectivity index (χ3n) is 2.65. The number of halogens is 2. The Bertz CT molecular complexity index is 744. The van der Waals surface area contributed by atoms with E-state index in [2.05, 4.69) is 42.0 Å². The van der Waals surface area contributed by atoms with Crippen molar-refractivity contribution in [3.63, 3.8) is 0 Å². The van der Waals surface area contributed by atoms with Crippen LogP contribution in [-0.2, 0) is 6.54 Å². The van der Waals surface area contributed by atoms with Gasteiger partial charge in [-0.1, -0.05) is 0 Å². The van der Waals surface area contributed by atoms with Crippen molar-refractivity contribution in [3.05, 3.63) is 44.5 Å². The van der Waals surface area contributed by atoms with Crippen LogP contribution in [0.15, 0.2) is 34.4 Å². The molecule has 0 saturated carbocycles. The Morgan fingerprint density at radius 3 is 2.90 bits per heavy atom. The maximum Gasteiger partial charge on any atom is 0.256 e. The van der Waals surface area contributed by atoms with E-state index in [0.29, 0.717) is 18.4 Å². The van der Waals surface area contributed by atoms with Crippen LogP contribution >= 0.6 is 38.9 Å². The number of hydrogen-bond acceptors (Lipinski definition) is 6. The van der Waals surface area contributed by atoms with Crippen LogP contribution in [0.4, 0.5) is 5.95 Å². The number of nitrogens with zero attached hydrogens (tertiary/aromatic N) is 6. The number of aromatic nitrogens is 5. The van der Waals surface area contributed by atoms with Gasteiger partial charge in [0.25, 0.3) is 5.95 Å². The van der Waals surface area contributed by atoms with Gasteiger partial charge in [0.05, 0.1) is 6.54 Å². The molecule has 3 rings (SSSR count). The van der Waals surface area contributed by atoms with Crippen molar-refractivity contribution in [3.8, 4) is 5.95 Å². The van der Waals surface area contributed by atoms with Gasteiger partial charge in [-0.05, 0) is 39.7 Å². The summed E-state index contributed by atoms with van der Waals surface area (Å²) in [5.41, 5.74) is 0. The highest BCUT2D eigenvalue weighted by Gasteiger charge is 2.12. The maximum absolute atomic E-state index is 5.98. The van der Waals surface area contributed by atoms with Crippen molar-refractivity contribution in [1.82, 2.24) is 24.7 Å². The van der Waals surface area contributed by atoms with E-state index in [4.69, 9.17) is 11.6 Å². The van der Waals surface area contributed by atoms with Gasteiger partial charge in [-0.3, -0.25) is 0 Å². The van der Waals surface area contributed by atoms with Gasteiger partial charge < -0.3 is 4.90 Å². The Morgan fingerprint density at radius 1 is 1.38 bits per heavy atom. The first-order chi connectivity index (χ1) is 10.1. The molecule has 3 aromatic heterocycles. The zero-order valence-corrected chi connectivity index (χ0v) is 14.1. The molecule has 0 N–H and O–H groups in total. The molecular weight excluding hydrogens is 376 g/mol. The number of hydrogen-bond donors (Lipinski definition) is 0. The van der Waals surface area contributed by atoms with Crippen LogP contribution in [0, 0.1) is 0 Å². The zero-order chi connectivity index (χ0) is 14.8. The largest absolute Gasteiger partial charge is 0.339 e. The summed E-state index contributed by atoms with van der Waals surface area (Å²) in [7, 11) is 1.91. The second-order valence-corrected chi connectivity index (χ2v) is 6.49. The third-order valence-corrected chi connectivity index (χ3v) is 4.50. The first-order valence-electron chi connectivity index (χ1n) is 5.97. The molecule has 3 aromatic rings. The van der Waals surface area contributed by atoms with Crippen molar-refractivity contribution in [2.75, 3.05) is 11.9 Å². The SMILES string of the molecule is CN(Cc1cc(Br)cs1)c1nc(Cl)nc(-n2cccn2)n1. The average molecular weight is 386 g/mol. The fourth-order valence-corrected chi connectivity index (χ4v) is 3.39. The number of rotatable bonds is 4. The summed E-state index contributed by atoms with van der Waals surface area (Å²) in [6, 6.07) is 3.86. The van der Waals surface area contributed by atoms with Gasteiger partial charge in [0.15, 0.2) is 0 Å². The van der Waals surface area contributed by atoms with Crippen LogP contribution in [0.1, 0.15) is 4.88 Å². The van der Waals surface area contributed by atoms with Gasteiger partial charge in [0, 0.05) is 34.2 Å². The van der Waals surface area contributed by atoms with Gasteiger partial charge in [-0.15, -0.1) is 11.3 Å². The molecule has 108 valence electrons. The standard InChI is InChI=1S/C12H10BrClN6S/c1-19(6-9-5-8(13)7-21-9)11-16-10(14)17-12(18-11)20-4-2-3-15-20/h2-5,7H,6H2,1H3. The molecule has 21 heavy (non-hydrogen) atoms. The zero-order valence-electron chi connectivity index (χ0n) is 10.9. The average Bonchev–Trinajstić information content (AvgIpc) is 3.10. The molecule has 9 heteroatoms. The lowest BCUT2D eigenvalue weighted by atomic mass is 10.4. The Hall–Kier alpha value is -1.51. The third kappa shape index (κ3) is 3.39. The van der Waals surface area contributed by atoms with Crippen molar-refractivity contribution in [2.24, 2.45) is 0 Å². The van der Waals surface area contributed by atoms with Crippen LogP contribution in [0.25, 0.3) is 5.95 Å². The fraction of sp³-hybridized carbons (Fsp3) is 0.167. The summed E-state index contributed by atoms with van der Waals surface area (Å²) in [6.45, 7) is 0.690. The summed E-state index contributed by atoms with van der Waals surface area (Å²) in [5.74, 6) is 0.902. The first-order valence-corrected chi connectivity index (χ1v) is 8.02. The fourth-order valence-electron chi connectivity index (χ4n) is 1.73. The highest BCUT2D eigenvalue weighted by Crippen LogP contribution is 2.22. The predicted octanol–water partition coefficient (Wildman–Crippen LogP) is 3.17. The molecule has 0 bridgehead atoms. The van der Waals surface area contributed by atoms with E-state index in [1.54, 1.807) is 34.5 Å². The van der Waals surface area contributed by atoms with Crippen molar-refractivity contribution >= 4 is 44.8 Å². The van der Waals surface area contributed by atoms with E-state index in [1.165, 1.54) is 4.88 Å². The van der Waals surface area contributed by atoms with Gasteiger partial charge in [-0.25, -0.2) is 4.68 Å². The minimum atomic E-state index is 0.143. The smallest absolute Gasteiger partial charge is 0.256 e. The highest BCUT2D eigenvalue weighted by atomic mass is 79.9. The van der Waals surface area contributed by atoms with Crippen molar-refractivity contribution < 1.29 is 0 Å². The van der Waals surface area contributed by atoms with Gasteiger partial charge >= 0.3 is 0 Å². The topological polar surface area (TPSA) is 59.7 Å². The van der Waals surface area contributed by atoms with E-state index in [1.807, 2.05) is 17.3 Å². The minimum absolute atomic E-state index is 0.143. The molecule has 0 saturated heterocycles. The Balaban J connectivity index is 1.87. The number of anilines is 1. The van der Waals surface area contributed by atoms with Crippen LogP contribution in [-0.4, -0.2) is 31.8 Å². The number of thiophene rings is 1. The van der Waals surface area contributed by atoms with Crippen LogP contribution < -0.4 is 4.90 Å². The Morgan fingerprint density at radius 2 is 2.24 bits per heavy atom. The lowest BCUT2D eigenvalue weighted by molar-refractivity contribution is 0.775. The van der Waals surface area contributed by atoms with Gasteiger partial charge in [-0.2, -0.15) is 20.1 Å². The Labute approximate surface area is 138 Å². The molecule has 3 heterocycles. The lowest BCUT2D eigenvalue weighted by Crippen LogP contribution is -2.20. The van der Waals surface area contributed by atoms with Crippen LogP contribution in [0.5, 0.6) is 0 Å². The van der Waals surface area contributed by atoms with E-state index < -0.39 is 0 Å². The van der Waals surface area contributed by atoms with E-state index >= 15 is 0 Å². The second-order valence-electron chi connectivity index (χ2n) is 4.24. The molecule has 6 nitrogen and oxygen atoms in total. The quantitative estimate of drug-likeness (QED) is 0.690. The van der Waals surface area contributed by atoms with Gasteiger partial charge in [0.1, 0.15) is 0 Å². The molecule has 0 unspecified atom stereocenters. The summed E-state index contributed by atoms with van der Waals surface area (Å²) in [4.78, 5) is 15.8. The molecule has 0 fully saturated rings. The summed E-state index contributed by atoms with van der Waals surface area (Å²) in [5, 5.41) is 6.28. The van der Waals surface area contributed by atoms with Crippen molar-refractivity contribution in [2.45, 2.75) is 6.54 Å². The highest BCUT2D eigenvalue weighted by molar-refractivity contribution is 9.10. The maximum atomic E-state index is 5.98. The summed E-state index contributed by atoms with van der Waals surface area (Å²) < 4.78 is 2.62. The summed E-state index contributed by atoms with van der Waals surface area (Å²) in [6.07, 6.45) is 3.41. The van der Waals surface area contributed by atoms with Crippen molar-refractivity contribution in [1.29, 1.82) is 0 Å². The molecule has 0 radical (unpaired) electrons. The predicted molar refractivity (Wildman–Crippen MR) is 86.1 cm³/mol.